The first kappa shape index (κ1) is 13.7. The number of rotatable bonds is 4. The summed E-state index contributed by atoms with van der Waals surface area (Å²) < 4.78 is 0. The van der Waals surface area contributed by atoms with Crippen molar-refractivity contribution in [3.05, 3.63) is 38.1 Å². The number of pyridine rings is 1. The van der Waals surface area contributed by atoms with Crippen LogP contribution >= 0.6 is 23.2 Å². The highest BCUT2D eigenvalue weighted by Gasteiger charge is 2.13. The predicted octanol–water partition coefficient (Wildman–Crippen LogP) is 2.07. The van der Waals surface area contributed by atoms with Crippen molar-refractivity contribution in [2.24, 2.45) is 0 Å². The Morgan fingerprint density at radius 3 is 2.76 bits per heavy atom. The summed E-state index contributed by atoms with van der Waals surface area (Å²) in [5.41, 5.74) is 0.659. The lowest BCUT2D eigenvalue weighted by Gasteiger charge is -2.17. The Hall–Kier alpha value is -1.40. The SMILES string of the molecule is CN(Cc1ccc(Cl)nc1Cl)C(=N)C[N+](=O)[O-]. The molecule has 0 amide bonds. The van der Waals surface area contributed by atoms with Crippen molar-refractivity contribution >= 4 is 29.0 Å². The summed E-state index contributed by atoms with van der Waals surface area (Å²) in [6, 6.07) is 3.25. The maximum Gasteiger partial charge on any atom is 0.259 e. The van der Waals surface area contributed by atoms with E-state index < -0.39 is 11.5 Å². The predicted molar refractivity (Wildman–Crippen MR) is 65.3 cm³/mol. The summed E-state index contributed by atoms with van der Waals surface area (Å²) in [5.74, 6) is -0.0963. The number of amidine groups is 1. The first-order valence-electron chi connectivity index (χ1n) is 4.61. The van der Waals surface area contributed by atoms with Crippen LogP contribution in [0.3, 0.4) is 0 Å². The normalized spacial score (nSPS) is 10.1. The zero-order chi connectivity index (χ0) is 13.0. The molecule has 1 aromatic heterocycles. The average Bonchev–Trinajstić information content (AvgIpc) is 2.21. The molecule has 0 aromatic carbocycles. The van der Waals surface area contributed by atoms with E-state index in [0.29, 0.717) is 5.56 Å². The third kappa shape index (κ3) is 4.16. The van der Waals surface area contributed by atoms with Gasteiger partial charge in [0.1, 0.15) is 10.3 Å². The smallest absolute Gasteiger partial charge is 0.259 e. The lowest BCUT2D eigenvalue weighted by molar-refractivity contribution is -0.464. The van der Waals surface area contributed by atoms with Gasteiger partial charge in [0.05, 0.1) is 0 Å². The topological polar surface area (TPSA) is 83.1 Å². The summed E-state index contributed by atoms with van der Waals surface area (Å²) in [6.45, 7) is -0.245. The lowest BCUT2D eigenvalue weighted by atomic mass is 10.2. The van der Waals surface area contributed by atoms with Gasteiger partial charge in [-0.05, 0) is 6.07 Å². The van der Waals surface area contributed by atoms with Crippen LogP contribution in [0.15, 0.2) is 12.1 Å². The first-order valence-corrected chi connectivity index (χ1v) is 5.37. The molecule has 0 aliphatic carbocycles. The highest BCUT2D eigenvalue weighted by Crippen LogP contribution is 2.17. The molecule has 8 heteroatoms. The van der Waals surface area contributed by atoms with E-state index in [2.05, 4.69) is 4.98 Å². The second kappa shape index (κ2) is 5.79. The number of likely N-dealkylation sites (N-methyl/N-ethyl adjacent to an activating group) is 1. The van der Waals surface area contributed by atoms with Gasteiger partial charge in [0.25, 0.3) is 6.54 Å². The zero-order valence-corrected chi connectivity index (χ0v) is 10.5. The minimum Gasteiger partial charge on any atom is -0.354 e. The van der Waals surface area contributed by atoms with Crippen LogP contribution in [0.4, 0.5) is 0 Å². The number of hydrogen-bond donors (Lipinski definition) is 1. The Morgan fingerprint density at radius 2 is 2.24 bits per heavy atom. The van der Waals surface area contributed by atoms with Crippen molar-refractivity contribution in [1.29, 1.82) is 5.41 Å². The third-order valence-electron chi connectivity index (χ3n) is 2.04. The van der Waals surface area contributed by atoms with E-state index in [1.807, 2.05) is 0 Å². The number of nitrogens with one attached hydrogen (secondary N) is 1. The standard InChI is InChI=1S/C9H10Cl2N4O2/c1-14(8(12)5-15(16)17)4-6-2-3-7(10)13-9(6)11/h2-3,12H,4-5H2,1H3. The summed E-state index contributed by atoms with van der Waals surface area (Å²) in [4.78, 5) is 15.0. The number of halogens is 2. The van der Waals surface area contributed by atoms with Gasteiger partial charge in [0.2, 0.25) is 0 Å². The van der Waals surface area contributed by atoms with Crippen LogP contribution in [0.5, 0.6) is 0 Å². The molecule has 1 N–H and O–H groups in total. The molecule has 0 saturated carbocycles. The molecular weight excluding hydrogens is 267 g/mol. The number of nitro groups is 1. The Labute approximate surface area is 108 Å². The van der Waals surface area contributed by atoms with Gasteiger partial charge in [0.15, 0.2) is 5.84 Å². The summed E-state index contributed by atoms with van der Waals surface area (Å²) in [6.07, 6.45) is 0. The molecule has 0 saturated heterocycles. The summed E-state index contributed by atoms with van der Waals surface area (Å²) >= 11 is 11.5. The van der Waals surface area contributed by atoms with Gasteiger partial charge in [0, 0.05) is 24.1 Å². The quantitative estimate of drug-likeness (QED) is 0.300. The Balaban J connectivity index is 2.70. The minimum absolute atomic E-state index is 0.0963. The first-order chi connectivity index (χ1) is 7.90. The average molecular weight is 277 g/mol. The van der Waals surface area contributed by atoms with Gasteiger partial charge >= 0.3 is 0 Å². The molecule has 17 heavy (non-hydrogen) atoms. The molecule has 0 atom stereocenters. The molecule has 1 heterocycles. The Morgan fingerprint density at radius 1 is 1.59 bits per heavy atom. The van der Waals surface area contributed by atoms with Crippen LogP contribution in [0.2, 0.25) is 10.3 Å². The maximum atomic E-state index is 10.3. The lowest BCUT2D eigenvalue weighted by Crippen LogP contribution is -2.31. The number of nitrogens with zero attached hydrogens (tertiary/aromatic N) is 3. The fraction of sp³-hybridized carbons (Fsp3) is 0.333. The van der Waals surface area contributed by atoms with Gasteiger partial charge in [-0.3, -0.25) is 15.5 Å². The van der Waals surface area contributed by atoms with E-state index in [1.54, 1.807) is 19.2 Å². The van der Waals surface area contributed by atoms with E-state index in [4.69, 9.17) is 28.6 Å². The van der Waals surface area contributed by atoms with E-state index in [-0.39, 0.29) is 22.7 Å². The van der Waals surface area contributed by atoms with E-state index in [1.165, 1.54) is 4.90 Å². The summed E-state index contributed by atoms with van der Waals surface area (Å²) in [7, 11) is 1.58. The maximum absolute atomic E-state index is 10.3. The molecule has 0 aliphatic rings. The molecule has 0 bridgehead atoms. The highest BCUT2D eigenvalue weighted by molar-refractivity contribution is 6.32. The molecular formula is C9H10Cl2N4O2. The number of hydrogen-bond acceptors (Lipinski definition) is 4. The van der Waals surface area contributed by atoms with Gasteiger partial charge in [-0.15, -0.1) is 0 Å². The fourth-order valence-corrected chi connectivity index (χ4v) is 1.56. The monoisotopic (exact) mass is 276 g/mol. The molecule has 1 aromatic rings. The molecule has 92 valence electrons. The van der Waals surface area contributed by atoms with Gasteiger partial charge in [-0.25, -0.2) is 4.98 Å². The largest absolute Gasteiger partial charge is 0.354 e. The third-order valence-corrected chi connectivity index (χ3v) is 2.58. The van der Waals surface area contributed by atoms with E-state index in [0.717, 1.165) is 0 Å². The summed E-state index contributed by atoms with van der Waals surface area (Å²) in [5, 5.41) is 18.3. The van der Waals surface area contributed by atoms with Gasteiger partial charge < -0.3 is 4.90 Å². The van der Waals surface area contributed by atoms with E-state index >= 15 is 0 Å². The molecule has 0 aliphatic heterocycles. The molecule has 6 nitrogen and oxygen atoms in total. The highest BCUT2D eigenvalue weighted by atomic mass is 35.5. The van der Waals surface area contributed by atoms with Crippen LogP contribution in [0.1, 0.15) is 5.56 Å². The van der Waals surface area contributed by atoms with Gasteiger partial charge in [-0.2, -0.15) is 0 Å². The fourth-order valence-electron chi connectivity index (χ4n) is 1.15. The van der Waals surface area contributed by atoms with Crippen molar-refractivity contribution in [3.8, 4) is 0 Å². The van der Waals surface area contributed by atoms with Crippen molar-refractivity contribution in [2.75, 3.05) is 13.6 Å². The number of aromatic nitrogens is 1. The van der Waals surface area contributed by atoms with Crippen LogP contribution in [0, 0.1) is 15.5 Å². The van der Waals surface area contributed by atoms with E-state index in [9.17, 15) is 10.1 Å². The zero-order valence-electron chi connectivity index (χ0n) is 8.98. The van der Waals surface area contributed by atoms with Gasteiger partial charge in [-0.1, -0.05) is 29.3 Å². The van der Waals surface area contributed by atoms with Crippen molar-refractivity contribution in [3.63, 3.8) is 0 Å². The van der Waals surface area contributed by atoms with Crippen LogP contribution in [-0.4, -0.2) is 34.2 Å². The van der Waals surface area contributed by atoms with Crippen molar-refractivity contribution in [2.45, 2.75) is 6.54 Å². The van der Waals surface area contributed by atoms with Crippen LogP contribution in [-0.2, 0) is 6.54 Å². The minimum atomic E-state index is -0.555. The van der Waals surface area contributed by atoms with Crippen LogP contribution < -0.4 is 0 Å². The second-order valence-electron chi connectivity index (χ2n) is 3.38. The van der Waals surface area contributed by atoms with Crippen molar-refractivity contribution in [1.82, 2.24) is 9.88 Å². The second-order valence-corrected chi connectivity index (χ2v) is 4.12. The Bertz CT molecular complexity index is 453. The molecule has 0 spiro atoms. The van der Waals surface area contributed by atoms with Crippen LogP contribution in [0.25, 0.3) is 0 Å². The Kier molecular flexibility index (Phi) is 4.65. The molecule has 0 fully saturated rings. The molecule has 0 unspecified atom stereocenters. The molecule has 1 rings (SSSR count). The van der Waals surface area contributed by atoms with Crippen molar-refractivity contribution < 1.29 is 4.92 Å². The molecule has 0 radical (unpaired) electrons.